The van der Waals surface area contributed by atoms with Crippen LogP contribution in [-0.4, -0.2) is 17.6 Å². The van der Waals surface area contributed by atoms with Crippen LogP contribution in [0, 0.1) is 0 Å². The smallest absolute Gasteiger partial charge is 0.248 e. The molecule has 3 nitrogen and oxygen atoms in total. The molecule has 3 N–H and O–H groups in total. The molecule has 3 heteroatoms. The topological polar surface area (TPSA) is 63.3 Å². The Bertz CT molecular complexity index is 333. The SMILES string of the molecule is CCC(CC)c1cccc(C(N)=O)c1.CCO. The Hall–Kier alpha value is -1.35. The number of benzene rings is 1. The summed E-state index contributed by atoms with van der Waals surface area (Å²) in [7, 11) is 0. The number of aliphatic hydroxyl groups excluding tert-OH is 1. The van der Waals surface area contributed by atoms with Crippen LogP contribution in [0.5, 0.6) is 0 Å². The minimum absolute atomic E-state index is 0.250. The van der Waals surface area contributed by atoms with E-state index in [-0.39, 0.29) is 12.5 Å². The second-order valence-corrected chi connectivity index (χ2v) is 3.82. The molecular formula is C14H23NO2. The van der Waals surface area contributed by atoms with Crippen LogP contribution in [0.2, 0.25) is 0 Å². The van der Waals surface area contributed by atoms with Gasteiger partial charge < -0.3 is 10.8 Å². The molecule has 17 heavy (non-hydrogen) atoms. The number of carbonyl (C=O) groups excluding carboxylic acids is 1. The standard InChI is InChI=1S/C12H17NO.C2H6O/c1-3-9(4-2)10-6-5-7-11(8-10)12(13)14;1-2-3/h5-9H,3-4H2,1-2H3,(H2,13,14);3H,2H2,1H3. The molecule has 0 spiro atoms. The number of amides is 1. The molecule has 1 aromatic rings. The number of hydrogen-bond donors (Lipinski definition) is 2. The molecule has 0 atom stereocenters. The Balaban J connectivity index is 0.000000770. The molecule has 0 fully saturated rings. The summed E-state index contributed by atoms with van der Waals surface area (Å²) < 4.78 is 0. The van der Waals surface area contributed by atoms with Gasteiger partial charge >= 0.3 is 0 Å². The lowest BCUT2D eigenvalue weighted by Gasteiger charge is -2.12. The van der Waals surface area contributed by atoms with Gasteiger partial charge in [0.25, 0.3) is 0 Å². The summed E-state index contributed by atoms with van der Waals surface area (Å²) in [5, 5.41) is 7.57. The van der Waals surface area contributed by atoms with E-state index in [9.17, 15) is 4.79 Å². The fourth-order valence-electron chi connectivity index (χ4n) is 1.71. The fourth-order valence-corrected chi connectivity index (χ4v) is 1.71. The average molecular weight is 237 g/mol. The van der Waals surface area contributed by atoms with E-state index < -0.39 is 0 Å². The first kappa shape index (κ1) is 15.7. The van der Waals surface area contributed by atoms with Gasteiger partial charge in [-0.05, 0) is 43.4 Å². The van der Waals surface area contributed by atoms with E-state index in [1.165, 1.54) is 5.56 Å². The first-order chi connectivity index (χ1) is 8.10. The van der Waals surface area contributed by atoms with Crippen molar-refractivity contribution in [2.24, 2.45) is 5.73 Å². The van der Waals surface area contributed by atoms with Gasteiger partial charge in [0.15, 0.2) is 0 Å². The quantitative estimate of drug-likeness (QED) is 0.845. The van der Waals surface area contributed by atoms with Gasteiger partial charge in [-0.1, -0.05) is 26.0 Å². The van der Waals surface area contributed by atoms with E-state index in [1.54, 1.807) is 13.0 Å². The second kappa shape index (κ2) is 8.76. The summed E-state index contributed by atoms with van der Waals surface area (Å²) in [5.41, 5.74) is 7.05. The highest BCUT2D eigenvalue weighted by Gasteiger charge is 2.08. The summed E-state index contributed by atoms with van der Waals surface area (Å²) in [6.45, 7) is 6.25. The van der Waals surface area contributed by atoms with Crippen molar-refractivity contribution in [1.29, 1.82) is 0 Å². The number of hydrogen-bond acceptors (Lipinski definition) is 2. The van der Waals surface area contributed by atoms with Gasteiger partial charge in [0.1, 0.15) is 0 Å². The molecule has 0 heterocycles. The van der Waals surface area contributed by atoms with Crippen LogP contribution in [0.1, 0.15) is 55.5 Å². The summed E-state index contributed by atoms with van der Waals surface area (Å²) in [6, 6.07) is 7.62. The van der Waals surface area contributed by atoms with E-state index in [2.05, 4.69) is 19.9 Å². The van der Waals surface area contributed by atoms with E-state index in [0.29, 0.717) is 11.5 Å². The lowest BCUT2D eigenvalue weighted by atomic mass is 9.93. The maximum Gasteiger partial charge on any atom is 0.248 e. The summed E-state index contributed by atoms with van der Waals surface area (Å²) in [6.07, 6.45) is 2.19. The number of primary amides is 1. The van der Waals surface area contributed by atoms with Crippen molar-refractivity contribution >= 4 is 5.91 Å². The molecule has 1 amide bonds. The van der Waals surface area contributed by atoms with Gasteiger partial charge in [-0.2, -0.15) is 0 Å². The number of aliphatic hydroxyl groups is 1. The third-order valence-electron chi connectivity index (χ3n) is 2.63. The minimum atomic E-state index is -0.349. The van der Waals surface area contributed by atoms with Crippen LogP contribution in [0.3, 0.4) is 0 Å². The molecule has 0 unspecified atom stereocenters. The zero-order chi connectivity index (χ0) is 13.3. The molecule has 0 aliphatic heterocycles. The highest BCUT2D eigenvalue weighted by molar-refractivity contribution is 5.92. The number of rotatable bonds is 4. The maximum atomic E-state index is 11.0. The van der Waals surface area contributed by atoms with Gasteiger partial charge in [0.2, 0.25) is 5.91 Å². The van der Waals surface area contributed by atoms with Crippen molar-refractivity contribution in [3.8, 4) is 0 Å². The highest BCUT2D eigenvalue weighted by atomic mass is 16.2. The highest BCUT2D eigenvalue weighted by Crippen LogP contribution is 2.23. The third-order valence-corrected chi connectivity index (χ3v) is 2.63. The van der Waals surface area contributed by atoms with Gasteiger partial charge in [0, 0.05) is 12.2 Å². The zero-order valence-electron chi connectivity index (χ0n) is 10.9. The van der Waals surface area contributed by atoms with Crippen LogP contribution in [0.15, 0.2) is 24.3 Å². The van der Waals surface area contributed by atoms with Crippen molar-refractivity contribution in [3.05, 3.63) is 35.4 Å². The average Bonchev–Trinajstić information content (AvgIpc) is 2.32. The van der Waals surface area contributed by atoms with E-state index in [1.807, 2.05) is 12.1 Å². The molecule has 96 valence electrons. The molecule has 0 aromatic heterocycles. The Morgan fingerprint density at radius 3 is 2.24 bits per heavy atom. The van der Waals surface area contributed by atoms with Crippen LogP contribution in [-0.2, 0) is 0 Å². The van der Waals surface area contributed by atoms with Crippen molar-refractivity contribution in [1.82, 2.24) is 0 Å². The predicted molar refractivity (Wildman–Crippen MR) is 71.0 cm³/mol. The van der Waals surface area contributed by atoms with Crippen LogP contribution in [0.4, 0.5) is 0 Å². The minimum Gasteiger partial charge on any atom is -0.397 e. The number of nitrogens with two attached hydrogens (primary N) is 1. The Morgan fingerprint density at radius 2 is 1.82 bits per heavy atom. The summed E-state index contributed by atoms with van der Waals surface area (Å²) in [5.74, 6) is 0.187. The van der Waals surface area contributed by atoms with Crippen molar-refractivity contribution < 1.29 is 9.90 Å². The first-order valence-electron chi connectivity index (χ1n) is 6.11. The summed E-state index contributed by atoms with van der Waals surface area (Å²) in [4.78, 5) is 11.0. The lowest BCUT2D eigenvalue weighted by molar-refractivity contribution is 0.1000. The molecular weight excluding hydrogens is 214 g/mol. The zero-order valence-corrected chi connectivity index (χ0v) is 10.9. The first-order valence-corrected chi connectivity index (χ1v) is 6.11. The van der Waals surface area contributed by atoms with Crippen molar-refractivity contribution in [2.45, 2.75) is 39.5 Å². The summed E-state index contributed by atoms with van der Waals surface area (Å²) >= 11 is 0. The van der Waals surface area contributed by atoms with Gasteiger partial charge in [-0.25, -0.2) is 0 Å². The Kier molecular flexibility index (Phi) is 8.07. The van der Waals surface area contributed by atoms with Crippen molar-refractivity contribution in [2.75, 3.05) is 6.61 Å². The van der Waals surface area contributed by atoms with Crippen LogP contribution in [0.25, 0.3) is 0 Å². The van der Waals surface area contributed by atoms with Gasteiger partial charge in [0.05, 0.1) is 0 Å². The molecule has 1 rings (SSSR count). The van der Waals surface area contributed by atoms with E-state index in [0.717, 1.165) is 12.8 Å². The molecule has 0 aliphatic carbocycles. The molecule has 0 saturated heterocycles. The second-order valence-electron chi connectivity index (χ2n) is 3.82. The molecule has 0 saturated carbocycles. The number of carbonyl (C=O) groups is 1. The Morgan fingerprint density at radius 1 is 1.29 bits per heavy atom. The predicted octanol–water partition coefficient (Wildman–Crippen LogP) is 2.69. The van der Waals surface area contributed by atoms with E-state index >= 15 is 0 Å². The van der Waals surface area contributed by atoms with Gasteiger partial charge in [-0.3, -0.25) is 4.79 Å². The Labute approximate surface area is 104 Å². The van der Waals surface area contributed by atoms with Crippen LogP contribution >= 0.6 is 0 Å². The molecule has 0 aliphatic rings. The van der Waals surface area contributed by atoms with Crippen LogP contribution < -0.4 is 5.73 Å². The molecule has 0 radical (unpaired) electrons. The van der Waals surface area contributed by atoms with Gasteiger partial charge in [-0.15, -0.1) is 0 Å². The fraction of sp³-hybridized carbons (Fsp3) is 0.500. The maximum absolute atomic E-state index is 11.0. The molecule has 0 bridgehead atoms. The largest absolute Gasteiger partial charge is 0.397 e. The van der Waals surface area contributed by atoms with E-state index in [4.69, 9.17) is 10.8 Å². The van der Waals surface area contributed by atoms with Crippen molar-refractivity contribution in [3.63, 3.8) is 0 Å². The third kappa shape index (κ3) is 5.50. The normalized spacial score (nSPS) is 9.71. The monoisotopic (exact) mass is 237 g/mol. The molecule has 1 aromatic carbocycles. The lowest BCUT2D eigenvalue weighted by Crippen LogP contribution is -2.11.